The average Bonchev–Trinajstić information content (AvgIpc) is 2.14. The van der Waals surface area contributed by atoms with Crippen LogP contribution in [0.4, 0.5) is 11.5 Å². The molecule has 1 aromatic rings. The molecule has 0 atom stereocenters. The number of anilines is 1. The highest BCUT2D eigenvalue weighted by Gasteiger charge is 2.17. The first-order valence-electron chi connectivity index (χ1n) is 4.46. The summed E-state index contributed by atoms with van der Waals surface area (Å²) in [7, 11) is 0. The molecule has 6 nitrogen and oxygen atoms in total. The van der Waals surface area contributed by atoms with Gasteiger partial charge in [-0.3, -0.25) is 10.1 Å². The first kappa shape index (κ1) is 11.4. The van der Waals surface area contributed by atoms with Gasteiger partial charge in [-0.2, -0.15) is 0 Å². The maximum absolute atomic E-state index is 10.6. The van der Waals surface area contributed by atoms with Crippen molar-refractivity contribution >= 4 is 11.5 Å². The van der Waals surface area contributed by atoms with E-state index in [1.54, 1.807) is 13.8 Å². The van der Waals surface area contributed by atoms with E-state index in [4.69, 9.17) is 0 Å². The maximum atomic E-state index is 10.6. The third-order valence-electron chi connectivity index (χ3n) is 1.67. The molecule has 1 rings (SSSR count). The number of rotatable bonds is 4. The Labute approximate surface area is 87.1 Å². The summed E-state index contributed by atoms with van der Waals surface area (Å²) in [6.45, 7) is 3.41. The number of aromatic nitrogens is 1. The minimum Gasteiger partial charge on any atom is -0.389 e. The molecular formula is C9H13N3O3. The van der Waals surface area contributed by atoms with Crippen molar-refractivity contribution < 1.29 is 10.0 Å². The molecule has 6 heteroatoms. The van der Waals surface area contributed by atoms with Gasteiger partial charge in [-0.15, -0.1) is 0 Å². The minimum absolute atomic E-state index is 0.0956. The summed E-state index contributed by atoms with van der Waals surface area (Å²) in [5.41, 5.74) is -1.03. The molecular weight excluding hydrogens is 198 g/mol. The fraction of sp³-hybridized carbons (Fsp3) is 0.444. The predicted molar refractivity (Wildman–Crippen MR) is 55.7 cm³/mol. The molecule has 0 aromatic carbocycles. The Bertz CT molecular complexity index is 360. The molecule has 0 radical (unpaired) electrons. The Balaban J connectivity index is 2.81. The smallest absolute Gasteiger partial charge is 0.311 e. The van der Waals surface area contributed by atoms with Gasteiger partial charge < -0.3 is 10.4 Å². The molecule has 0 spiro atoms. The van der Waals surface area contributed by atoms with Crippen LogP contribution >= 0.6 is 0 Å². The van der Waals surface area contributed by atoms with Crippen molar-refractivity contribution in [2.45, 2.75) is 19.4 Å². The molecule has 0 bridgehead atoms. The standard InChI is InChI=1S/C9H13N3O3/c1-9(2,13)6-11-8-7(12(14)15)4-3-5-10-8/h3-5,13H,6H2,1-2H3,(H,10,11). The van der Waals surface area contributed by atoms with E-state index < -0.39 is 10.5 Å². The first-order valence-corrected chi connectivity index (χ1v) is 4.46. The van der Waals surface area contributed by atoms with Gasteiger partial charge in [0.15, 0.2) is 0 Å². The Morgan fingerprint density at radius 2 is 2.33 bits per heavy atom. The number of nitro groups is 1. The van der Waals surface area contributed by atoms with Crippen molar-refractivity contribution in [2.75, 3.05) is 11.9 Å². The molecule has 0 aliphatic heterocycles. The van der Waals surface area contributed by atoms with Crippen LogP contribution in [0, 0.1) is 10.1 Å². The molecule has 15 heavy (non-hydrogen) atoms. The Hall–Kier alpha value is -1.69. The Morgan fingerprint density at radius 3 is 2.87 bits per heavy atom. The molecule has 1 heterocycles. The second-order valence-electron chi connectivity index (χ2n) is 3.79. The monoisotopic (exact) mass is 211 g/mol. The zero-order chi connectivity index (χ0) is 11.5. The van der Waals surface area contributed by atoms with Crippen LogP contribution in [-0.4, -0.2) is 27.2 Å². The summed E-state index contributed by atoms with van der Waals surface area (Å²) in [6, 6.07) is 2.85. The average molecular weight is 211 g/mol. The number of nitrogens with zero attached hydrogens (tertiary/aromatic N) is 2. The van der Waals surface area contributed by atoms with E-state index in [1.165, 1.54) is 18.3 Å². The van der Waals surface area contributed by atoms with Crippen LogP contribution in [-0.2, 0) is 0 Å². The SMILES string of the molecule is CC(C)(O)CNc1ncccc1[N+](=O)[O-]. The van der Waals surface area contributed by atoms with Crippen molar-refractivity contribution in [3.05, 3.63) is 28.4 Å². The lowest BCUT2D eigenvalue weighted by Crippen LogP contribution is -2.29. The van der Waals surface area contributed by atoms with Crippen molar-refractivity contribution in [1.82, 2.24) is 4.98 Å². The van der Waals surface area contributed by atoms with Gasteiger partial charge >= 0.3 is 5.69 Å². The fourth-order valence-electron chi connectivity index (χ4n) is 0.980. The summed E-state index contributed by atoms with van der Waals surface area (Å²) in [6.07, 6.45) is 1.46. The summed E-state index contributed by atoms with van der Waals surface area (Å²) in [5, 5.41) is 22.8. The summed E-state index contributed by atoms with van der Waals surface area (Å²) in [4.78, 5) is 13.9. The first-order chi connectivity index (χ1) is 6.90. The van der Waals surface area contributed by atoms with Crippen molar-refractivity contribution in [3.8, 4) is 0 Å². The molecule has 0 fully saturated rings. The summed E-state index contributed by atoms with van der Waals surface area (Å²) < 4.78 is 0. The number of hydrogen-bond acceptors (Lipinski definition) is 5. The van der Waals surface area contributed by atoms with E-state index in [1.807, 2.05) is 0 Å². The largest absolute Gasteiger partial charge is 0.389 e. The van der Waals surface area contributed by atoms with Crippen LogP contribution in [0.5, 0.6) is 0 Å². The van der Waals surface area contributed by atoms with E-state index in [0.717, 1.165) is 0 Å². The molecule has 0 saturated heterocycles. The zero-order valence-corrected chi connectivity index (χ0v) is 8.60. The number of aliphatic hydroxyl groups is 1. The molecule has 0 aliphatic carbocycles. The predicted octanol–water partition coefficient (Wildman–Crippen LogP) is 1.17. The second-order valence-corrected chi connectivity index (χ2v) is 3.79. The van der Waals surface area contributed by atoms with Gasteiger partial charge in [0.1, 0.15) is 0 Å². The van der Waals surface area contributed by atoms with Crippen LogP contribution in [0.3, 0.4) is 0 Å². The van der Waals surface area contributed by atoms with E-state index in [9.17, 15) is 15.2 Å². The third-order valence-corrected chi connectivity index (χ3v) is 1.67. The van der Waals surface area contributed by atoms with Crippen molar-refractivity contribution in [3.63, 3.8) is 0 Å². The van der Waals surface area contributed by atoms with Crippen molar-refractivity contribution in [2.24, 2.45) is 0 Å². The number of hydrogen-bond donors (Lipinski definition) is 2. The Morgan fingerprint density at radius 1 is 1.67 bits per heavy atom. The maximum Gasteiger partial charge on any atom is 0.311 e. The summed E-state index contributed by atoms with van der Waals surface area (Å²) >= 11 is 0. The number of nitrogens with one attached hydrogen (secondary N) is 1. The zero-order valence-electron chi connectivity index (χ0n) is 8.60. The normalized spacial score (nSPS) is 11.1. The lowest BCUT2D eigenvalue weighted by atomic mass is 10.1. The highest BCUT2D eigenvalue weighted by atomic mass is 16.6. The second kappa shape index (κ2) is 4.22. The van der Waals surface area contributed by atoms with E-state index >= 15 is 0 Å². The Kier molecular flexibility index (Phi) is 3.21. The van der Waals surface area contributed by atoms with Gasteiger partial charge in [-0.1, -0.05) is 0 Å². The number of pyridine rings is 1. The molecule has 82 valence electrons. The quantitative estimate of drug-likeness (QED) is 0.576. The molecule has 0 amide bonds. The van der Waals surface area contributed by atoms with Crippen LogP contribution in [0.15, 0.2) is 18.3 Å². The molecule has 0 aliphatic rings. The van der Waals surface area contributed by atoms with E-state index in [-0.39, 0.29) is 18.1 Å². The minimum atomic E-state index is -0.939. The van der Waals surface area contributed by atoms with Crippen LogP contribution < -0.4 is 5.32 Å². The van der Waals surface area contributed by atoms with Gasteiger partial charge in [0, 0.05) is 18.8 Å². The highest BCUT2D eigenvalue weighted by Crippen LogP contribution is 2.20. The van der Waals surface area contributed by atoms with Gasteiger partial charge in [0.2, 0.25) is 5.82 Å². The molecule has 2 N–H and O–H groups in total. The van der Waals surface area contributed by atoms with E-state index in [2.05, 4.69) is 10.3 Å². The van der Waals surface area contributed by atoms with Gasteiger partial charge in [0.25, 0.3) is 0 Å². The van der Waals surface area contributed by atoms with Crippen LogP contribution in [0.1, 0.15) is 13.8 Å². The fourth-order valence-corrected chi connectivity index (χ4v) is 0.980. The van der Waals surface area contributed by atoms with E-state index in [0.29, 0.717) is 0 Å². The van der Waals surface area contributed by atoms with Gasteiger partial charge in [0.05, 0.1) is 10.5 Å². The molecule has 1 aromatic heterocycles. The van der Waals surface area contributed by atoms with Gasteiger partial charge in [-0.05, 0) is 19.9 Å². The third kappa shape index (κ3) is 3.51. The van der Waals surface area contributed by atoms with Gasteiger partial charge in [-0.25, -0.2) is 4.98 Å². The molecule has 0 unspecified atom stereocenters. The topological polar surface area (TPSA) is 88.3 Å². The van der Waals surface area contributed by atoms with Crippen LogP contribution in [0.25, 0.3) is 0 Å². The van der Waals surface area contributed by atoms with Crippen LogP contribution in [0.2, 0.25) is 0 Å². The summed E-state index contributed by atoms with van der Waals surface area (Å²) in [5.74, 6) is 0.171. The van der Waals surface area contributed by atoms with Crippen molar-refractivity contribution in [1.29, 1.82) is 0 Å². The lowest BCUT2D eigenvalue weighted by molar-refractivity contribution is -0.384. The highest BCUT2D eigenvalue weighted by molar-refractivity contribution is 5.55. The molecule has 0 saturated carbocycles. The lowest BCUT2D eigenvalue weighted by Gasteiger charge is -2.17.